The molecular weight excluding hydrogens is 300 g/mol. The summed E-state index contributed by atoms with van der Waals surface area (Å²) < 4.78 is 3.62. The topological polar surface area (TPSA) is 7.12 Å². The first-order valence-corrected chi connectivity index (χ1v) is 8.75. The van der Waals surface area contributed by atoms with E-state index in [0.29, 0.717) is 0 Å². The van der Waals surface area contributed by atoms with Crippen LogP contribution in [0.3, 0.4) is 0 Å². The van der Waals surface area contributed by atoms with E-state index >= 15 is 0 Å². The fourth-order valence-corrected chi connectivity index (χ4v) is 4.71. The van der Waals surface area contributed by atoms with Gasteiger partial charge in [-0.1, -0.05) is 55.5 Å². The number of likely N-dealkylation sites (N-methyl/N-ethyl adjacent to an activating group) is 1. The van der Waals surface area contributed by atoms with Crippen molar-refractivity contribution >= 4 is 33.3 Å². The van der Waals surface area contributed by atoms with E-state index in [9.17, 15) is 0 Å². The molecule has 23 heavy (non-hydrogen) atoms. The zero-order valence-corrected chi connectivity index (χ0v) is 14.8. The highest BCUT2D eigenvalue weighted by atomic mass is 32.1. The Morgan fingerprint density at radius 1 is 1.04 bits per heavy atom. The molecule has 1 aliphatic rings. The first-order valence-electron chi connectivity index (χ1n) is 7.93. The SMILES string of the molecule is CN1/C(=C/c2sc3ccccc3[n+]2C)C(C)(C)c2ccccc21. The number of fused-ring (bicyclic) bond motifs is 2. The maximum Gasteiger partial charge on any atom is 0.264 e. The van der Waals surface area contributed by atoms with Gasteiger partial charge in [-0.25, -0.2) is 0 Å². The Bertz CT molecular complexity index is 934. The van der Waals surface area contributed by atoms with Crippen molar-refractivity contribution in [3.63, 3.8) is 0 Å². The minimum Gasteiger partial charge on any atom is -0.347 e. The van der Waals surface area contributed by atoms with Crippen LogP contribution in [0.5, 0.6) is 0 Å². The Morgan fingerprint density at radius 2 is 1.74 bits per heavy atom. The summed E-state index contributed by atoms with van der Waals surface area (Å²) in [5.41, 5.74) is 5.38. The molecule has 0 amide bonds. The molecule has 3 heteroatoms. The lowest BCUT2D eigenvalue weighted by Crippen LogP contribution is -2.30. The van der Waals surface area contributed by atoms with Gasteiger partial charge >= 0.3 is 0 Å². The van der Waals surface area contributed by atoms with Crippen LogP contribution in [0.4, 0.5) is 5.69 Å². The third-order valence-electron chi connectivity index (χ3n) is 4.97. The maximum absolute atomic E-state index is 2.35. The second kappa shape index (κ2) is 4.93. The van der Waals surface area contributed by atoms with Crippen LogP contribution in [0.1, 0.15) is 24.4 Å². The van der Waals surface area contributed by atoms with Crippen LogP contribution in [-0.2, 0) is 12.5 Å². The number of nitrogens with zero attached hydrogens (tertiary/aromatic N) is 2. The lowest BCUT2D eigenvalue weighted by atomic mass is 9.84. The molecule has 0 saturated heterocycles. The number of hydrogen-bond donors (Lipinski definition) is 0. The number of hydrogen-bond acceptors (Lipinski definition) is 2. The highest BCUT2D eigenvalue weighted by Crippen LogP contribution is 2.47. The molecule has 2 nitrogen and oxygen atoms in total. The molecule has 3 aromatic rings. The molecule has 4 rings (SSSR count). The van der Waals surface area contributed by atoms with Crippen LogP contribution < -0.4 is 9.47 Å². The van der Waals surface area contributed by atoms with Crippen LogP contribution in [-0.4, -0.2) is 7.05 Å². The van der Waals surface area contributed by atoms with Gasteiger partial charge in [0.2, 0.25) is 5.52 Å². The van der Waals surface area contributed by atoms with Crippen molar-refractivity contribution in [3.8, 4) is 0 Å². The van der Waals surface area contributed by atoms with Crippen LogP contribution in [0.2, 0.25) is 0 Å². The Hall–Kier alpha value is -2.13. The average molecular weight is 321 g/mol. The Balaban J connectivity index is 1.90. The Kier molecular flexibility index (Phi) is 3.10. The molecule has 0 unspecified atom stereocenters. The zero-order valence-electron chi connectivity index (χ0n) is 14.0. The van der Waals surface area contributed by atoms with E-state index in [0.717, 1.165) is 0 Å². The maximum atomic E-state index is 2.35. The fraction of sp³-hybridized carbons (Fsp3) is 0.250. The number of para-hydroxylation sites is 2. The lowest BCUT2D eigenvalue weighted by Gasteiger charge is -2.23. The van der Waals surface area contributed by atoms with Gasteiger partial charge in [-0.2, -0.15) is 4.57 Å². The summed E-state index contributed by atoms with van der Waals surface area (Å²) in [6, 6.07) is 17.3. The normalized spacial score (nSPS) is 17.9. The van der Waals surface area contributed by atoms with Gasteiger partial charge in [0, 0.05) is 36.0 Å². The number of rotatable bonds is 1. The number of aryl methyl sites for hydroxylation is 1. The highest BCUT2D eigenvalue weighted by Gasteiger charge is 2.39. The van der Waals surface area contributed by atoms with Gasteiger partial charge in [-0.3, -0.25) is 0 Å². The van der Waals surface area contributed by atoms with E-state index in [4.69, 9.17) is 0 Å². The van der Waals surface area contributed by atoms with Gasteiger partial charge in [-0.15, -0.1) is 0 Å². The molecule has 2 heterocycles. The van der Waals surface area contributed by atoms with Gasteiger partial charge in [0.25, 0.3) is 5.01 Å². The van der Waals surface area contributed by atoms with Crippen molar-refractivity contribution in [1.29, 1.82) is 0 Å². The fourth-order valence-electron chi connectivity index (χ4n) is 3.62. The molecule has 0 aliphatic carbocycles. The number of aromatic nitrogens is 1. The molecule has 2 aromatic carbocycles. The molecule has 0 N–H and O–H groups in total. The van der Waals surface area contributed by atoms with Crippen LogP contribution in [0.25, 0.3) is 16.3 Å². The van der Waals surface area contributed by atoms with E-state index < -0.39 is 0 Å². The van der Waals surface area contributed by atoms with Crippen molar-refractivity contribution in [2.75, 3.05) is 11.9 Å². The van der Waals surface area contributed by atoms with E-state index in [2.05, 4.69) is 92.0 Å². The average Bonchev–Trinajstić information content (AvgIpc) is 2.97. The van der Waals surface area contributed by atoms with E-state index in [1.165, 1.54) is 32.2 Å². The first-order chi connectivity index (χ1) is 11.0. The summed E-state index contributed by atoms with van der Waals surface area (Å²) in [5, 5.41) is 1.29. The van der Waals surface area contributed by atoms with Gasteiger partial charge in [0.05, 0.1) is 0 Å². The standard InChI is InChI=1S/C20H21N2S/c1-20(2)14-9-5-6-10-15(14)21(3)18(20)13-19-22(4)16-11-7-8-12-17(16)23-19/h5-13H,1-4H3/q+1. The van der Waals surface area contributed by atoms with Crippen LogP contribution in [0, 0.1) is 0 Å². The minimum absolute atomic E-state index is 0.0223. The van der Waals surface area contributed by atoms with Crippen molar-refractivity contribution < 1.29 is 4.57 Å². The summed E-state index contributed by atoms with van der Waals surface area (Å²) in [6.07, 6.45) is 2.35. The number of benzene rings is 2. The molecule has 0 spiro atoms. The molecule has 116 valence electrons. The minimum atomic E-state index is 0.0223. The van der Waals surface area contributed by atoms with Crippen LogP contribution in [0.15, 0.2) is 54.2 Å². The molecule has 0 radical (unpaired) electrons. The third kappa shape index (κ3) is 2.03. The van der Waals surface area contributed by atoms with Crippen molar-refractivity contribution in [2.45, 2.75) is 19.3 Å². The molecule has 1 aromatic heterocycles. The van der Waals surface area contributed by atoms with Crippen molar-refractivity contribution in [1.82, 2.24) is 0 Å². The van der Waals surface area contributed by atoms with Crippen molar-refractivity contribution in [3.05, 3.63) is 64.8 Å². The molecule has 0 atom stereocenters. The zero-order chi connectivity index (χ0) is 16.2. The summed E-state index contributed by atoms with van der Waals surface area (Å²) in [7, 11) is 4.33. The molecule has 0 bridgehead atoms. The third-order valence-corrected chi connectivity index (χ3v) is 6.14. The number of anilines is 1. The summed E-state index contributed by atoms with van der Waals surface area (Å²) >= 11 is 1.85. The van der Waals surface area contributed by atoms with Gasteiger partial charge in [0.15, 0.2) is 0 Å². The monoisotopic (exact) mass is 321 g/mol. The molecular formula is C20H21N2S+. The second-order valence-electron chi connectivity index (χ2n) is 6.70. The molecule has 0 saturated carbocycles. The van der Waals surface area contributed by atoms with Gasteiger partial charge in [-0.05, 0) is 17.7 Å². The molecule has 0 fully saturated rings. The van der Waals surface area contributed by atoms with Crippen molar-refractivity contribution in [2.24, 2.45) is 7.05 Å². The Morgan fingerprint density at radius 3 is 2.48 bits per heavy atom. The quantitative estimate of drug-likeness (QED) is 0.599. The highest BCUT2D eigenvalue weighted by molar-refractivity contribution is 7.18. The number of thiazole rings is 1. The smallest absolute Gasteiger partial charge is 0.264 e. The van der Waals surface area contributed by atoms with Crippen LogP contribution >= 0.6 is 11.3 Å². The van der Waals surface area contributed by atoms with Gasteiger partial charge in [0.1, 0.15) is 11.7 Å². The Labute approximate surface area is 141 Å². The summed E-state index contributed by atoms with van der Waals surface area (Å²) in [4.78, 5) is 2.33. The number of allylic oxidation sites excluding steroid dienone is 1. The second-order valence-corrected chi connectivity index (χ2v) is 7.76. The van der Waals surface area contributed by atoms with E-state index in [-0.39, 0.29) is 5.41 Å². The lowest BCUT2D eigenvalue weighted by molar-refractivity contribution is -0.642. The predicted octanol–water partition coefficient (Wildman–Crippen LogP) is 4.49. The van der Waals surface area contributed by atoms with E-state index in [1.807, 2.05) is 11.3 Å². The largest absolute Gasteiger partial charge is 0.347 e. The first kappa shape index (κ1) is 14.5. The van der Waals surface area contributed by atoms with Gasteiger partial charge < -0.3 is 4.90 Å². The molecule has 1 aliphatic heterocycles. The van der Waals surface area contributed by atoms with E-state index in [1.54, 1.807) is 0 Å². The summed E-state index contributed by atoms with van der Waals surface area (Å²) in [6.45, 7) is 4.63. The summed E-state index contributed by atoms with van der Waals surface area (Å²) in [5.74, 6) is 0. The predicted molar refractivity (Wildman–Crippen MR) is 98.8 cm³/mol.